The largest absolute Gasteiger partial charge is 0.459 e. The molecule has 5 rings (SSSR count). The Kier molecular flexibility index (Phi) is 1.65. The third kappa shape index (κ3) is 2.28. The molecule has 3 aliphatic rings. The molecular weight excluding hydrogens is 370 g/mol. The number of piperidine rings is 1. The van der Waals surface area contributed by atoms with Gasteiger partial charge in [0.1, 0.15) is 30.4 Å². The molecule has 7 heteroatoms. The Labute approximate surface area is 180 Å². The molecule has 138 valence electrons. The van der Waals surface area contributed by atoms with Crippen LogP contribution in [0.2, 0.25) is 0 Å². The minimum atomic E-state index is -3.50. The van der Waals surface area contributed by atoms with Crippen LogP contribution in [0.15, 0.2) is 34.9 Å². The standard InChI is InChI=1S/C19H22NO4S2/c1-20(2)12-9-11(10-13(20)17-16(12)24-17)23-18(21)19(22,14-5-3-7-25-14)15-6-4-8-26-15/h3-8,11-13,16-17,22H,9-10H2,1-2H3/q+1/i1D3,3D,4D,5D,6D,7D,8D,9D2,10D2,11D. The number of rotatable bonds is 4. The van der Waals surface area contributed by atoms with Gasteiger partial charge in [0.05, 0.1) is 37.5 Å². The molecule has 1 N–H and O–H groups in total. The summed E-state index contributed by atoms with van der Waals surface area (Å²) >= 11 is 0.550. The summed E-state index contributed by atoms with van der Waals surface area (Å²) in [5.41, 5.74) is -3.30. The van der Waals surface area contributed by atoms with E-state index in [2.05, 4.69) is 0 Å². The first-order valence-electron chi connectivity index (χ1n) is 14.6. The Morgan fingerprint density at radius 1 is 1.38 bits per heavy atom. The number of quaternary nitrogens is 1. The van der Waals surface area contributed by atoms with Crippen molar-refractivity contribution in [2.45, 2.75) is 48.7 Å². The molecule has 4 atom stereocenters. The van der Waals surface area contributed by atoms with E-state index in [1.54, 1.807) is 0 Å². The van der Waals surface area contributed by atoms with Crippen molar-refractivity contribution in [3.05, 3.63) is 44.6 Å². The first kappa shape index (κ1) is 7.64. The summed E-state index contributed by atoms with van der Waals surface area (Å²) in [5.74, 6) is -1.95. The predicted molar refractivity (Wildman–Crippen MR) is 99.1 cm³/mol. The number of nitrogens with zero attached hydrogens (tertiary/aromatic N) is 1. The zero-order valence-electron chi connectivity index (χ0n) is 27.2. The van der Waals surface area contributed by atoms with Gasteiger partial charge in [-0.1, -0.05) is 12.1 Å². The monoisotopic (exact) mass is 406 g/mol. The Balaban J connectivity index is 1.69. The van der Waals surface area contributed by atoms with Gasteiger partial charge in [-0.15, -0.1) is 22.7 Å². The van der Waals surface area contributed by atoms with Crippen LogP contribution in [-0.2, 0) is 19.9 Å². The molecule has 3 fully saturated rings. The molecule has 26 heavy (non-hydrogen) atoms. The van der Waals surface area contributed by atoms with Gasteiger partial charge in [0.2, 0.25) is 5.60 Å². The van der Waals surface area contributed by atoms with Crippen LogP contribution < -0.4 is 0 Å². The first-order chi connectivity index (χ1) is 18.0. The molecule has 4 unspecified atom stereocenters. The highest BCUT2D eigenvalue weighted by Gasteiger charge is 2.71. The van der Waals surface area contributed by atoms with Crippen molar-refractivity contribution in [2.24, 2.45) is 0 Å². The molecule has 0 aliphatic carbocycles. The Morgan fingerprint density at radius 2 is 1.96 bits per heavy atom. The van der Waals surface area contributed by atoms with Crippen molar-refractivity contribution in [1.82, 2.24) is 0 Å². The number of esters is 1. The normalized spacial score (nSPS) is 53.0. The number of morpholine rings is 1. The van der Waals surface area contributed by atoms with Crippen LogP contribution in [0, 0.1) is 0 Å². The topological polar surface area (TPSA) is 59.1 Å². The van der Waals surface area contributed by atoms with Gasteiger partial charge in [-0.2, -0.15) is 0 Å². The SMILES string of the molecule is [2H]c1sc(C(O)(C(=O)OC2([2H])C([2H])([2H])C3C4OC4C(C2([2H])[2H])[N+]3(C)C([2H])([2H])[2H])c2sc([2H])c([2H])c2[2H])c([2H])c1[2H]. The number of thiophene rings is 2. The maximum atomic E-state index is 13.9. The van der Waals surface area contributed by atoms with Crippen LogP contribution in [0.4, 0.5) is 0 Å². The predicted octanol–water partition coefficient (Wildman–Crippen LogP) is 2.35. The van der Waals surface area contributed by atoms with Crippen molar-refractivity contribution < 1.29 is 43.0 Å². The number of hydrogen-bond donors (Lipinski definition) is 1. The molecule has 5 nitrogen and oxygen atoms in total. The fraction of sp³-hybridized carbons (Fsp3) is 0.526. The Morgan fingerprint density at radius 3 is 2.42 bits per heavy atom. The summed E-state index contributed by atoms with van der Waals surface area (Å²) < 4.78 is 126. The summed E-state index contributed by atoms with van der Waals surface area (Å²) in [6.45, 7) is -2.96. The summed E-state index contributed by atoms with van der Waals surface area (Å²) in [4.78, 5) is 12.4. The van der Waals surface area contributed by atoms with Crippen LogP contribution >= 0.6 is 22.7 Å². The van der Waals surface area contributed by atoms with Crippen molar-refractivity contribution in [2.75, 3.05) is 14.0 Å². The lowest BCUT2D eigenvalue weighted by molar-refractivity contribution is -0.938. The third-order valence-corrected chi connectivity index (χ3v) is 6.42. The average molecular weight is 407 g/mol. The van der Waals surface area contributed by atoms with Gasteiger partial charge in [-0.25, -0.2) is 4.79 Å². The number of carbonyl (C=O) groups excluding carboxylic acids is 1. The lowest BCUT2D eigenvalue weighted by Gasteiger charge is -2.45. The summed E-state index contributed by atoms with van der Waals surface area (Å²) in [6.07, 6.45) is -12.2. The molecule has 3 aliphatic heterocycles. The molecule has 2 bridgehead atoms. The van der Waals surface area contributed by atoms with Gasteiger partial charge in [-0.05, 0) is 22.8 Å². The fourth-order valence-corrected chi connectivity index (χ4v) is 4.72. The summed E-state index contributed by atoms with van der Waals surface area (Å²) in [7, 11) is 1.12. The molecule has 0 saturated carbocycles. The second-order valence-electron chi connectivity index (χ2n) is 6.39. The highest BCUT2D eigenvalue weighted by atomic mass is 32.1. The molecule has 0 radical (unpaired) electrons. The number of fused-ring (bicyclic) bond motifs is 5. The van der Waals surface area contributed by atoms with Gasteiger partial charge >= 0.3 is 5.97 Å². The van der Waals surface area contributed by atoms with Gasteiger partial charge in [0.25, 0.3) is 0 Å². The maximum absolute atomic E-state index is 13.9. The van der Waals surface area contributed by atoms with Gasteiger partial charge in [0, 0.05) is 18.2 Å². The molecule has 0 amide bonds. The highest BCUT2D eigenvalue weighted by Crippen LogP contribution is 2.52. The van der Waals surface area contributed by atoms with Gasteiger partial charge in [0.15, 0.2) is 0 Å². The van der Waals surface area contributed by atoms with Crippen LogP contribution in [0.1, 0.15) is 41.7 Å². The first-order valence-corrected chi connectivity index (χ1v) is 9.27. The zero-order valence-corrected chi connectivity index (χ0v) is 14.9. The van der Waals surface area contributed by atoms with E-state index < -0.39 is 111 Å². The third-order valence-electron chi connectivity index (χ3n) is 4.81. The fourth-order valence-electron chi connectivity index (χ4n) is 3.38. The number of hydrogen-bond acceptors (Lipinski definition) is 6. The lowest BCUT2D eigenvalue weighted by Crippen LogP contribution is -2.60. The molecule has 0 spiro atoms. The van der Waals surface area contributed by atoms with Crippen molar-refractivity contribution in [3.8, 4) is 0 Å². The molecule has 5 heterocycles. The number of carbonyl (C=O) groups is 1. The maximum Gasteiger partial charge on any atom is 0.349 e. The van der Waals surface area contributed by atoms with E-state index in [-0.39, 0.29) is 22.7 Å². The van der Waals surface area contributed by atoms with E-state index in [9.17, 15) is 9.90 Å². The van der Waals surface area contributed by atoms with Crippen LogP contribution in [-0.4, -0.2) is 60.0 Å². The van der Waals surface area contributed by atoms with E-state index >= 15 is 0 Å². The number of epoxide rings is 1. The van der Waals surface area contributed by atoms with Crippen LogP contribution in [0.5, 0.6) is 0 Å². The van der Waals surface area contributed by atoms with Crippen molar-refractivity contribution in [1.29, 1.82) is 0 Å². The minimum Gasteiger partial charge on any atom is -0.459 e. The quantitative estimate of drug-likeness (QED) is 0.481. The Hall–Kier alpha value is -1.25. The van der Waals surface area contributed by atoms with Gasteiger partial charge in [-0.3, -0.25) is 0 Å². The minimum absolute atomic E-state index is 0.275. The molecule has 0 aromatic carbocycles. The van der Waals surface area contributed by atoms with E-state index in [0.29, 0.717) is 0 Å². The van der Waals surface area contributed by atoms with E-state index in [1.165, 1.54) is 0 Å². The summed E-state index contributed by atoms with van der Waals surface area (Å²) in [5, 5.41) is 10.7. The second-order valence-corrected chi connectivity index (χ2v) is 8.02. The van der Waals surface area contributed by atoms with E-state index in [1.807, 2.05) is 0 Å². The number of likely N-dealkylation sites (N-methyl/N-ethyl adjacent to an activating group) is 1. The molecule has 3 saturated heterocycles. The lowest BCUT2D eigenvalue weighted by atomic mass is 9.95. The van der Waals surface area contributed by atoms with E-state index in [4.69, 9.17) is 28.7 Å². The molecule has 2 aromatic rings. The number of ether oxygens (including phenoxy) is 2. The van der Waals surface area contributed by atoms with Crippen LogP contribution in [0.3, 0.4) is 0 Å². The number of aliphatic hydroxyl groups is 1. The van der Waals surface area contributed by atoms with Crippen molar-refractivity contribution >= 4 is 28.6 Å². The van der Waals surface area contributed by atoms with E-state index in [0.717, 1.165) is 7.05 Å². The Bertz CT molecular complexity index is 1360. The van der Waals surface area contributed by atoms with Crippen LogP contribution in [0.25, 0.3) is 0 Å². The molecular formula is C19H22NO4S2+. The molecule has 2 aromatic heterocycles. The zero-order chi connectivity index (χ0) is 30.3. The smallest absolute Gasteiger partial charge is 0.349 e. The second kappa shape index (κ2) is 5.62. The summed E-state index contributed by atoms with van der Waals surface area (Å²) in [6, 6.07) is -6.49. The van der Waals surface area contributed by atoms with Gasteiger partial charge < -0.3 is 19.1 Å². The van der Waals surface area contributed by atoms with Crippen molar-refractivity contribution in [3.63, 3.8) is 0 Å². The average Bonchev–Trinajstić information content (AvgIpc) is 3.37. The highest BCUT2D eigenvalue weighted by molar-refractivity contribution is 7.12.